The molecule has 0 aromatic rings. The Balaban J connectivity index is 0. The molecule has 10 heavy (non-hydrogen) atoms. The quantitative estimate of drug-likeness (QED) is 0.398. The van der Waals surface area contributed by atoms with E-state index in [-0.39, 0.29) is 42.7 Å². The van der Waals surface area contributed by atoms with Crippen LogP contribution in [0.1, 0.15) is 6.92 Å². The van der Waals surface area contributed by atoms with Crippen molar-refractivity contribution in [1.82, 2.24) is 5.32 Å². The van der Waals surface area contributed by atoms with Gasteiger partial charge < -0.3 is 20.3 Å². The van der Waals surface area contributed by atoms with Crippen molar-refractivity contribution in [2.75, 3.05) is 13.2 Å². The predicted molar refractivity (Wildman–Crippen MR) is 29.6 cm³/mol. The Hall–Kier alpha value is 0.390. The maximum absolute atomic E-state index is 9.95. The van der Waals surface area contributed by atoms with Crippen molar-refractivity contribution >= 4 is 5.97 Å². The Morgan fingerprint density at radius 3 is 2.60 bits per heavy atom. The Morgan fingerprint density at radius 1 is 1.80 bits per heavy atom. The average molecular weight is 155 g/mol. The first-order valence-electron chi connectivity index (χ1n) is 2.73. The van der Waals surface area contributed by atoms with Gasteiger partial charge in [-0.2, -0.15) is 0 Å². The number of carboxylic acids is 1. The number of aliphatic hydroxyl groups is 1. The summed E-state index contributed by atoms with van der Waals surface area (Å²) in [5.74, 6) is -1.15. The largest absolute Gasteiger partial charge is 1.00 e. The van der Waals surface area contributed by atoms with Crippen molar-refractivity contribution in [3.63, 3.8) is 0 Å². The van der Waals surface area contributed by atoms with E-state index in [1.54, 1.807) is 0 Å². The molecule has 1 atom stereocenters. The maximum Gasteiger partial charge on any atom is 1.00 e. The van der Waals surface area contributed by atoms with Crippen molar-refractivity contribution in [2.45, 2.75) is 13.0 Å². The van der Waals surface area contributed by atoms with Crippen LogP contribution in [0.5, 0.6) is 0 Å². The van der Waals surface area contributed by atoms with Crippen LogP contribution in [0.2, 0.25) is 0 Å². The van der Waals surface area contributed by atoms with Gasteiger partial charge in [-0.1, -0.05) is 0 Å². The molecule has 0 fully saturated rings. The molecule has 0 radical (unpaired) electrons. The zero-order valence-electron chi connectivity index (χ0n) is 6.26. The molecule has 0 bridgehead atoms. The standard InChI is InChI=1S/C5H11NO3.Na/c1-4(5(8)9)6-2-3-7;/h4,6-7H,2-3H2,1H3,(H,8,9);/q;+1/p-1. The molecule has 0 aliphatic carbocycles. The second-order valence-corrected chi connectivity index (χ2v) is 1.72. The topological polar surface area (TPSA) is 72.4 Å². The molecule has 4 nitrogen and oxygen atoms in total. The van der Waals surface area contributed by atoms with Gasteiger partial charge in [0.25, 0.3) is 0 Å². The van der Waals surface area contributed by atoms with Gasteiger partial charge in [-0.25, -0.2) is 0 Å². The van der Waals surface area contributed by atoms with Crippen LogP contribution >= 0.6 is 0 Å². The van der Waals surface area contributed by atoms with Gasteiger partial charge >= 0.3 is 29.6 Å². The van der Waals surface area contributed by atoms with Crippen LogP contribution in [-0.2, 0) is 4.79 Å². The van der Waals surface area contributed by atoms with Gasteiger partial charge in [-0.15, -0.1) is 0 Å². The first-order chi connectivity index (χ1) is 4.18. The molecule has 1 unspecified atom stereocenters. The van der Waals surface area contributed by atoms with Gasteiger partial charge in [0.05, 0.1) is 12.6 Å². The first kappa shape index (κ1) is 13.0. The van der Waals surface area contributed by atoms with Crippen molar-refractivity contribution in [3.8, 4) is 0 Å². The van der Waals surface area contributed by atoms with Crippen LogP contribution in [-0.4, -0.2) is 30.3 Å². The number of hydrogen-bond donors (Lipinski definition) is 2. The fourth-order valence-corrected chi connectivity index (χ4v) is 0.364. The summed E-state index contributed by atoms with van der Waals surface area (Å²) in [7, 11) is 0. The SMILES string of the molecule is CC(NCCO)C(=O)[O-].[Na+]. The van der Waals surface area contributed by atoms with Crippen molar-refractivity contribution < 1.29 is 44.6 Å². The van der Waals surface area contributed by atoms with Crippen LogP contribution in [0.4, 0.5) is 0 Å². The molecule has 5 heteroatoms. The van der Waals surface area contributed by atoms with E-state index in [1.165, 1.54) is 6.92 Å². The summed E-state index contributed by atoms with van der Waals surface area (Å²) < 4.78 is 0. The van der Waals surface area contributed by atoms with Gasteiger partial charge in [0.15, 0.2) is 0 Å². The van der Waals surface area contributed by atoms with Gasteiger partial charge in [0.1, 0.15) is 0 Å². The van der Waals surface area contributed by atoms with E-state index in [0.717, 1.165) is 0 Å². The summed E-state index contributed by atoms with van der Waals surface area (Å²) in [6, 6.07) is -0.683. The molecular formula is C5H10NNaO3. The monoisotopic (exact) mass is 155 g/mol. The second-order valence-electron chi connectivity index (χ2n) is 1.72. The summed E-state index contributed by atoms with van der Waals surface area (Å²) >= 11 is 0. The van der Waals surface area contributed by atoms with E-state index in [0.29, 0.717) is 0 Å². The molecule has 0 heterocycles. The zero-order valence-corrected chi connectivity index (χ0v) is 8.26. The van der Waals surface area contributed by atoms with Gasteiger partial charge in [0, 0.05) is 12.6 Å². The molecule has 0 spiro atoms. The van der Waals surface area contributed by atoms with E-state index in [4.69, 9.17) is 5.11 Å². The molecule has 0 saturated carbocycles. The number of aliphatic hydroxyl groups excluding tert-OH is 1. The summed E-state index contributed by atoms with van der Waals surface area (Å²) in [5.41, 5.74) is 0. The van der Waals surface area contributed by atoms with E-state index in [2.05, 4.69) is 5.32 Å². The Morgan fingerprint density at radius 2 is 2.30 bits per heavy atom. The number of nitrogens with one attached hydrogen (secondary N) is 1. The number of aliphatic carboxylic acids is 1. The van der Waals surface area contributed by atoms with Crippen LogP contribution < -0.4 is 40.0 Å². The number of rotatable bonds is 4. The molecule has 0 aromatic heterocycles. The van der Waals surface area contributed by atoms with Crippen molar-refractivity contribution in [2.24, 2.45) is 0 Å². The van der Waals surface area contributed by atoms with E-state index in [1.807, 2.05) is 0 Å². The molecule has 54 valence electrons. The van der Waals surface area contributed by atoms with E-state index >= 15 is 0 Å². The molecule has 0 rings (SSSR count). The minimum absolute atomic E-state index is 0. The molecular weight excluding hydrogens is 145 g/mol. The number of carboxylic acid groups (broad SMARTS) is 1. The normalized spacial score (nSPS) is 11.8. The van der Waals surface area contributed by atoms with Crippen LogP contribution in [0, 0.1) is 0 Å². The number of carbonyl (C=O) groups excluding carboxylic acids is 1. The van der Waals surface area contributed by atoms with E-state index < -0.39 is 12.0 Å². The fraction of sp³-hybridized carbons (Fsp3) is 0.800. The number of carbonyl (C=O) groups is 1. The smallest absolute Gasteiger partial charge is 0.548 e. The minimum Gasteiger partial charge on any atom is -0.548 e. The molecule has 0 aliphatic heterocycles. The Labute approximate surface area is 81.9 Å². The third-order valence-corrected chi connectivity index (χ3v) is 0.916. The van der Waals surface area contributed by atoms with Crippen LogP contribution in [0.15, 0.2) is 0 Å². The average Bonchev–Trinajstić information content (AvgIpc) is 1.82. The van der Waals surface area contributed by atoms with Gasteiger partial charge in [-0.3, -0.25) is 0 Å². The van der Waals surface area contributed by atoms with Crippen LogP contribution in [0.3, 0.4) is 0 Å². The van der Waals surface area contributed by atoms with Gasteiger partial charge in [0.2, 0.25) is 0 Å². The zero-order chi connectivity index (χ0) is 7.28. The molecule has 0 amide bonds. The van der Waals surface area contributed by atoms with Crippen LogP contribution in [0.25, 0.3) is 0 Å². The molecule has 0 saturated heterocycles. The van der Waals surface area contributed by atoms with Crippen molar-refractivity contribution in [3.05, 3.63) is 0 Å². The second kappa shape index (κ2) is 7.50. The fourth-order valence-electron chi connectivity index (χ4n) is 0.364. The summed E-state index contributed by atoms with van der Waals surface area (Å²) in [5, 5.41) is 20.7. The molecule has 2 N–H and O–H groups in total. The third kappa shape index (κ3) is 6.51. The summed E-state index contributed by atoms with van der Waals surface area (Å²) in [4.78, 5) is 9.95. The summed E-state index contributed by atoms with van der Waals surface area (Å²) in [6.07, 6.45) is 0. The Bertz CT molecular complexity index is 98.9. The predicted octanol–water partition coefficient (Wildman–Crippen LogP) is -5.29. The number of hydrogen-bond acceptors (Lipinski definition) is 4. The van der Waals surface area contributed by atoms with Crippen molar-refractivity contribution in [1.29, 1.82) is 0 Å². The Kier molecular flexibility index (Phi) is 9.76. The minimum atomic E-state index is -1.15. The maximum atomic E-state index is 9.95. The van der Waals surface area contributed by atoms with E-state index in [9.17, 15) is 9.90 Å². The first-order valence-corrected chi connectivity index (χ1v) is 2.73. The molecule has 0 aromatic carbocycles. The molecule has 0 aliphatic rings. The van der Waals surface area contributed by atoms with Gasteiger partial charge in [-0.05, 0) is 6.92 Å². The summed E-state index contributed by atoms with van der Waals surface area (Å²) in [6.45, 7) is 1.69. The third-order valence-electron chi connectivity index (χ3n) is 0.916.